The number of rotatable bonds is 3. The van der Waals surface area contributed by atoms with Gasteiger partial charge in [-0.15, -0.1) is 0 Å². The van der Waals surface area contributed by atoms with Gasteiger partial charge in [-0.2, -0.15) is 0 Å². The Hall–Kier alpha value is -1.27. The maximum atomic E-state index is 12.2. The Labute approximate surface area is 129 Å². The maximum Gasteiger partial charge on any atom is 0.261 e. The number of carbonyl (C=O) groups is 1. The number of fused-ring (bicyclic) bond motifs is 1. The highest BCUT2D eigenvalue weighted by Gasteiger charge is 2.32. The van der Waals surface area contributed by atoms with E-state index >= 15 is 0 Å². The molecule has 1 aromatic carbocycles. The number of amides is 1. The third-order valence-electron chi connectivity index (χ3n) is 3.15. The SMILES string of the molecule is CC(C)(C)CNC(=O)C1COc2ccc(S(=O)(=O)Cl)cc21. The molecule has 0 bridgehead atoms. The van der Waals surface area contributed by atoms with Crippen molar-refractivity contribution in [1.29, 1.82) is 0 Å². The molecule has 1 atom stereocenters. The molecule has 21 heavy (non-hydrogen) atoms. The highest BCUT2D eigenvalue weighted by molar-refractivity contribution is 8.13. The molecule has 0 fully saturated rings. The fraction of sp³-hybridized carbons (Fsp3) is 0.500. The van der Waals surface area contributed by atoms with E-state index in [9.17, 15) is 13.2 Å². The molecule has 116 valence electrons. The molecule has 1 aliphatic heterocycles. The summed E-state index contributed by atoms with van der Waals surface area (Å²) in [4.78, 5) is 12.2. The minimum absolute atomic E-state index is 0.0259. The van der Waals surface area contributed by atoms with Gasteiger partial charge in [0.25, 0.3) is 9.05 Å². The molecule has 0 spiro atoms. The first kappa shape index (κ1) is 16.1. The van der Waals surface area contributed by atoms with E-state index in [0.29, 0.717) is 17.9 Å². The molecule has 2 rings (SSSR count). The van der Waals surface area contributed by atoms with Crippen molar-refractivity contribution in [3.05, 3.63) is 23.8 Å². The molecule has 1 unspecified atom stereocenters. The minimum atomic E-state index is -3.82. The van der Waals surface area contributed by atoms with Gasteiger partial charge in [0.2, 0.25) is 5.91 Å². The number of carbonyl (C=O) groups excluding carboxylic acids is 1. The van der Waals surface area contributed by atoms with E-state index in [-0.39, 0.29) is 22.8 Å². The van der Waals surface area contributed by atoms with Gasteiger partial charge in [0.1, 0.15) is 18.3 Å². The predicted octanol–water partition coefficient (Wildman–Crippen LogP) is 2.25. The summed E-state index contributed by atoms with van der Waals surface area (Å²) in [6.07, 6.45) is 0. The summed E-state index contributed by atoms with van der Waals surface area (Å²) in [5.41, 5.74) is 0.530. The first-order valence-corrected chi connectivity index (χ1v) is 8.88. The largest absolute Gasteiger partial charge is 0.492 e. The summed E-state index contributed by atoms with van der Waals surface area (Å²) in [5, 5.41) is 2.86. The quantitative estimate of drug-likeness (QED) is 0.862. The monoisotopic (exact) mass is 331 g/mol. The van der Waals surface area contributed by atoms with E-state index < -0.39 is 15.0 Å². The molecule has 0 radical (unpaired) electrons. The third kappa shape index (κ3) is 3.89. The van der Waals surface area contributed by atoms with Crippen LogP contribution in [0.15, 0.2) is 23.1 Å². The van der Waals surface area contributed by atoms with Crippen LogP contribution in [0.1, 0.15) is 32.3 Å². The highest BCUT2D eigenvalue weighted by Crippen LogP contribution is 2.36. The van der Waals surface area contributed by atoms with Crippen LogP contribution in [-0.2, 0) is 13.8 Å². The van der Waals surface area contributed by atoms with Crippen LogP contribution in [-0.4, -0.2) is 27.5 Å². The van der Waals surface area contributed by atoms with Crippen LogP contribution >= 0.6 is 10.7 Å². The molecule has 7 heteroatoms. The lowest BCUT2D eigenvalue weighted by atomic mass is 9.95. The zero-order valence-electron chi connectivity index (χ0n) is 12.1. The van der Waals surface area contributed by atoms with Crippen LogP contribution in [0, 0.1) is 5.41 Å². The Morgan fingerprint density at radius 2 is 2.10 bits per heavy atom. The van der Waals surface area contributed by atoms with Crippen LogP contribution < -0.4 is 10.1 Å². The van der Waals surface area contributed by atoms with Gasteiger partial charge in [-0.3, -0.25) is 4.79 Å². The molecule has 1 heterocycles. The molecule has 0 aromatic heterocycles. The summed E-state index contributed by atoms with van der Waals surface area (Å²) in [7, 11) is 1.52. The van der Waals surface area contributed by atoms with Gasteiger partial charge in [-0.05, 0) is 23.6 Å². The summed E-state index contributed by atoms with van der Waals surface area (Å²) in [6.45, 7) is 6.79. The first-order chi connectivity index (χ1) is 9.58. The number of hydrogen-bond donors (Lipinski definition) is 1. The van der Waals surface area contributed by atoms with Crippen molar-refractivity contribution in [1.82, 2.24) is 5.32 Å². The lowest BCUT2D eigenvalue weighted by Crippen LogP contribution is -2.36. The van der Waals surface area contributed by atoms with E-state index in [4.69, 9.17) is 15.4 Å². The van der Waals surface area contributed by atoms with Gasteiger partial charge < -0.3 is 10.1 Å². The molecule has 1 amide bonds. The van der Waals surface area contributed by atoms with Crippen LogP contribution in [0.25, 0.3) is 0 Å². The van der Waals surface area contributed by atoms with Gasteiger partial charge in [0, 0.05) is 22.8 Å². The normalized spacial score (nSPS) is 18.0. The second kappa shape index (κ2) is 5.50. The van der Waals surface area contributed by atoms with Crippen LogP contribution in [0.4, 0.5) is 0 Å². The zero-order chi connectivity index (χ0) is 15.8. The van der Waals surface area contributed by atoms with Gasteiger partial charge in [0.15, 0.2) is 0 Å². The lowest BCUT2D eigenvalue weighted by molar-refractivity contribution is -0.123. The molecule has 1 aromatic rings. The molecule has 1 aliphatic rings. The fourth-order valence-corrected chi connectivity index (χ4v) is 2.82. The molecule has 0 saturated carbocycles. The predicted molar refractivity (Wildman–Crippen MR) is 80.2 cm³/mol. The fourth-order valence-electron chi connectivity index (χ4n) is 2.04. The second-order valence-electron chi connectivity index (χ2n) is 6.28. The molecular formula is C14H18ClNO4S. The standard InChI is InChI=1S/C14H18ClNO4S/c1-14(2,3)8-16-13(17)11-7-20-12-5-4-9(6-10(11)12)21(15,18)19/h4-6,11H,7-8H2,1-3H3,(H,16,17). The summed E-state index contributed by atoms with van der Waals surface area (Å²) in [5.74, 6) is -0.163. The number of hydrogen-bond acceptors (Lipinski definition) is 4. The van der Waals surface area contributed by atoms with E-state index in [0.717, 1.165) is 0 Å². The van der Waals surface area contributed by atoms with Gasteiger partial charge in [-0.1, -0.05) is 20.8 Å². The number of ether oxygens (including phenoxy) is 1. The molecule has 0 saturated heterocycles. The average Bonchev–Trinajstić information content (AvgIpc) is 2.76. The van der Waals surface area contributed by atoms with Gasteiger partial charge in [-0.25, -0.2) is 8.42 Å². The molecule has 0 aliphatic carbocycles. The zero-order valence-corrected chi connectivity index (χ0v) is 13.7. The van der Waals surface area contributed by atoms with Crippen molar-refractivity contribution in [2.24, 2.45) is 5.41 Å². The summed E-state index contributed by atoms with van der Waals surface area (Å²) < 4.78 is 28.2. The molecule has 1 N–H and O–H groups in total. The van der Waals surface area contributed by atoms with Crippen molar-refractivity contribution in [3.63, 3.8) is 0 Å². The number of halogens is 1. The van der Waals surface area contributed by atoms with E-state index in [1.165, 1.54) is 18.2 Å². The van der Waals surface area contributed by atoms with Crippen molar-refractivity contribution < 1.29 is 17.9 Å². The third-order valence-corrected chi connectivity index (χ3v) is 4.50. The molecular weight excluding hydrogens is 314 g/mol. The Balaban J connectivity index is 2.23. The summed E-state index contributed by atoms with van der Waals surface area (Å²) in [6, 6.07) is 4.31. The maximum absolute atomic E-state index is 12.2. The van der Waals surface area contributed by atoms with E-state index in [1.54, 1.807) is 0 Å². The first-order valence-electron chi connectivity index (χ1n) is 6.57. The van der Waals surface area contributed by atoms with Crippen LogP contribution in [0.5, 0.6) is 5.75 Å². The Morgan fingerprint density at radius 3 is 2.67 bits per heavy atom. The van der Waals surface area contributed by atoms with E-state index in [1.807, 2.05) is 20.8 Å². The Bertz CT molecular complexity index is 664. The van der Waals surface area contributed by atoms with E-state index in [2.05, 4.69) is 5.32 Å². The Morgan fingerprint density at radius 1 is 1.43 bits per heavy atom. The van der Waals surface area contributed by atoms with Crippen LogP contribution in [0.3, 0.4) is 0 Å². The number of nitrogens with one attached hydrogen (secondary N) is 1. The average molecular weight is 332 g/mol. The van der Waals surface area contributed by atoms with Gasteiger partial charge in [0.05, 0.1) is 4.90 Å². The molecule has 5 nitrogen and oxygen atoms in total. The lowest BCUT2D eigenvalue weighted by Gasteiger charge is -2.20. The van der Waals surface area contributed by atoms with Crippen LogP contribution in [0.2, 0.25) is 0 Å². The topological polar surface area (TPSA) is 72.5 Å². The van der Waals surface area contributed by atoms with Crippen molar-refractivity contribution in [3.8, 4) is 5.75 Å². The van der Waals surface area contributed by atoms with Crippen molar-refractivity contribution in [2.45, 2.75) is 31.6 Å². The summed E-state index contributed by atoms with van der Waals surface area (Å²) >= 11 is 0. The smallest absolute Gasteiger partial charge is 0.261 e. The number of benzene rings is 1. The minimum Gasteiger partial charge on any atom is -0.492 e. The van der Waals surface area contributed by atoms with Crippen molar-refractivity contribution >= 4 is 25.6 Å². The highest BCUT2D eigenvalue weighted by atomic mass is 35.7. The van der Waals surface area contributed by atoms with Gasteiger partial charge >= 0.3 is 0 Å². The Kier molecular flexibility index (Phi) is 4.22. The second-order valence-corrected chi connectivity index (χ2v) is 8.85. The van der Waals surface area contributed by atoms with Crippen molar-refractivity contribution in [2.75, 3.05) is 13.2 Å².